The van der Waals surface area contributed by atoms with E-state index in [1.807, 2.05) is 10.2 Å². The van der Waals surface area contributed by atoms with Gasteiger partial charge in [-0.15, -0.1) is 0 Å². The fourth-order valence-electron chi connectivity index (χ4n) is 1.04. The normalized spacial score (nSPS) is 26.1. The lowest BCUT2D eigenvalue weighted by Gasteiger charge is -2.21. The van der Waals surface area contributed by atoms with Crippen molar-refractivity contribution in [1.82, 2.24) is 0 Å². The van der Waals surface area contributed by atoms with Gasteiger partial charge in [0.25, 0.3) is 0 Å². The summed E-state index contributed by atoms with van der Waals surface area (Å²) in [6.45, 7) is 1.53. The Morgan fingerprint density at radius 2 is 2.45 bits per heavy atom. The Kier molecular flexibility index (Phi) is 5.14. The fourth-order valence-corrected chi connectivity index (χ4v) is 1.25. The largest absolute Gasteiger partial charge is 0.353 e. The van der Waals surface area contributed by atoms with Crippen LogP contribution in [0, 0.1) is 0 Å². The van der Waals surface area contributed by atoms with Gasteiger partial charge in [0.05, 0.1) is 6.61 Å². The molecule has 0 aromatic carbocycles. The molecule has 0 spiro atoms. The maximum Gasteiger partial charge on any atom is 0.157 e. The molecule has 64 valence electrons. The highest BCUT2D eigenvalue weighted by Crippen LogP contribution is 2.13. The lowest BCUT2D eigenvalue weighted by Crippen LogP contribution is -2.22. The predicted molar refractivity (Wildman–Crippen MR) is 52.7 cm³/mol. The smallest absolute Gasteiger partial charge is 0.157 e. The Balaban J connectivity index is 2.04. The van der Waals surface area contributed by atoms with Gasteiger partial charge in [-0.05, 0) is 23.3 Å². The molecule has 0 aromatic rings. The van der Waals surface area contributed by atoms with Gasteiger partial charge < -0.3 is 9.47 Å². The lowest BCUT2D eigenvalue weighted by molar-refractivity contribution is -0.155. The molecule has 0 amide bonds. The zero-order chi connectivity index (χ0) is 7.94. The second-order valence-electron chi connectivity index (χ2n) is 2.49. The van der Waals surface area contributed by atoms with E-state index in [1.54, 1.807) is 0 Å². The molecule has 1 saturated heterocycles. The van der Waals surface area contributed by atoms with E-state index >= 15 is 0 Å². The van der Waals surface area contributed by atoms with Crippen molar-refractivity contribution >= 4 is 22.6 Å². The Hall–Kier alpha value is 0.390. The lowest BCUT2D eigenvalue weighted by atomic mass is 10.2. The van der Waals surface area contributed by atoms with Crippen LogP contribution in [0.15, 0.2) is 10.2 Å². The van der Waals surface area contributed by atoms with Crippen LogP contribution >= 0.6 is 22.6 Å². The molecular weight excluding hydrogens is 255 g/mol. The van der Waals surface area contributed by atoms with E-state index in [4.69, 9.17) is 9.47 Å². The first-order chi connectivity index (χ1) is 5.43. The van der Waals surface area contributed by atoms with Crippen molar-refractivity contribution < 1.29 is 9.47 Å². The summed E-state index contributed by atoms with van der Waals surface area (Å²) in [5, 5.41) is 0. The summed E-state index contributed by atoms with van der Waals surface area (Å²) < 4.78 is 12.7. The molecule has 1 aliphatic rings. The van der Waals surface area contributed by atoms with E-state index in [0.29, 0.717) is 6.61 Å². The fraction of sp³-hybridized carbons (Fsp3) is 0.750. The molecule has 1 rings (SSSR count). The first-order valence-electron chi connectivity index (χ1n) is 3.92. The minimum absolute atomic E-state index is 0.0522. The molecule has 1 unspecified atom stereocenters. The van der Waals surface area contributed by atoms with Crippen molar-refractivity contribution in [3.05, 3.63) is 10.2 Å². The quantitative estimate of drug-likeness (QED) is 0.732. The number of hydrogen-bond acceptors (Lipinski definition) is 2. The minimum atomic E-state index is 0.0522. The third-order valence-corrected chi connectivity index (χ3v) is 2.11. The van der Waals surface area contributed by atoms with Gasteiger partial charge in [0, 0.05) is 6.61 Å². The van der Waals surface area contributed by atoms with Gasteiger partial charge in [-0.25, -0.2) is 0 Å². The van der Waals surface area contributed by atoms with Crippen molar-refractivity contribution in [3.63, 3.8) is 0 Å². The van der Waals surface area contributed by atoms with Crippen molar-refractivity contribution in [2.45, 2.75) is 25.6 Å². The summed E-state index contributed by atoms with van der Waals surface area (Å²) in [5.74, 6) is 0. The molecule has 2 nitrogen and oxygen atoms in total. The molecule has 1 aliphatic heterocycles. The maximum absolute atomic E-state index is 5.41. The zero-order valence-corrected chi connectivity index (χ0v) is 8.62. The highest BCUT2D eigenvalue weighted by Gasteiger charge is 2.12. The predicted octanol–water partition coefficient (Wildman–Crippen LogP) is 2.48. The molecule has 1 fully saturated rings. The Morgan fingerprint density at radius 1 is 1.55 bits per heavy atom. The van der Waals surface area contributed by atoms with Crippen molar-refractivity contribution in [2.75, 3.05) is 13.2 Å². The average molecular weight is 268 g/mol. The molecule has 1 atom stereocenters. The first kappa shape index (κ1) is 9.48. The van der Waals surface area contributed by atoms with E-state index in [2.05, 4.69) is 22.6 Å². The van der Waals surface area contributed by atoms with Gasteiger partial charge in [0.2, 0.25) is 0 Å². The zero-order valence-electron chi connectivity index (χ0n) is 6.46. The molecule has 0 aromatic heterocycles. The Morgan fingerprint density at radius 3 is 3.09 bits per heavy atom. The van der Waals surface area contributed by atoms with Gasteiger partial charge in [0.15, 0.2) is 6.29 Å². The molecule has 0 aliphatic carbocycles. The van der Waals surface area contributed by atoms with Gasteiger partial charge in [-0.2, -0.15) is 0 Å². The topological polar surface area (TPSA) is 18.5 Å². The van der Waals surface area contributed by atoms with Gasteiger partial charge >= 0.3 is 0 Å². The van der Waals surface area contributed by atoms with Crippen LogP contribution < -0.4 is 0 Å². The Bertz CT molecular complexity index is 119. The van der Waals surface area contributed by atoms with Crippen molar-refractivity contribution in [3.8, 4) is 0 Å². The molecule has 0 saturated carbocycles. The molecule has 0 bridgehead atoms. The number of rotatable bonds is 3. The number of hydrogen-bond donors (Lipinski definition) is 0. The summed E-state index contributed by atoms with van der Waals surface area (Å²) in [6.07, 6.45) is 5.50. The van der Waals surface area contributed by atoms with E-state index in [0.717, 1.165) is 13.0 Å². The molecule has 11 heavy (non-hydrogen) atoms. The van der Waals surface area contributed by atoms with Crippen LogP contribution in [0.2, 0.25) is 0 Å². The molecule has 1 heterocycles. The minimum Gasteiger partial charge on any atom is -0.353 e. The van der Waals surface area contributed by atoms with Crippen LogP contribution in [0.4, 0.5) is 0 Å². The summed E-state index contributed by atoms with van der Waals surface area (Å²) in [7, 11) is 0. The summed E-state index contributed by atoms with van der Waals surface area (Å²) in [6, 6.07) is 0. The van der Waals surface area contributed by atoms with E-state index in [9.17, 15) is 0 Å². The van der Waals surface area contributed by atoms with Crippen LogP contribution in [0.1, 0.15) is 19.3 Å². The third kappa shape index (κ3) is 4.08. The molecule has 3 heteroatoms. The Labute approximate surface area is 81.1 Å². The SMILES string of the molecule is I/C=C/COC1CCCCO1. The van der Waals surface area contributed by atoms with E-state index in [-0.39, 0.29) is 6.29 Å². The first-order valence-corrected chi connectivity index (χ1v) is 5.16. The third-order valence-electron chi connectivity index (χ3n) is 1.61. The second-order valence-corrected chi connectivity index (χ2v) is 3.21. The van der Waals surface area contributed by atoms with Crippen molar-refractivity contribution in [2.24, 2.45) is 0 Å². The van der Waals surface area contributed by atoms with E-state index < -0.39 is 0 Å². The monoisotopic (exact) mass is 268 g/mol. The highest BCUT2D eigenvalue weighted by molar-refractivity contribution is 14.1. The van der Waals surface area contributed by atoms with Crippen LogP contribution in [0.5, 0.6) is 0 Å². The second kappa shape index (κ2) is 5.97. The standard InChI is InChI=1S/C8H13IO2/c9-5-3-7-11-8-4-1-2-6-10-8/h3,5,8H,1-2,4,6-7H2/b5-3+. The van der Waals surface area contributed by atoms with Gasteiger partial charge in [-0.1, -0.05) is 28.7 Å². The summed E-state index contributed by atoms with van der Waals surface area (Å²) in [5.41, 5.74) is 0. The number of halogens is 1. The van der Waals surface area contributed by atoms with E-state index in [1.165, 1.54) is 12.8 Å². The van der Waals surface area contributed by atoms with Gasteiger partial charge in [-0.3, -0.25) is 0 Å². The summed E-state index contributed by atoms with van der Waals surface area (Å²) in [4.78, 5) is 0. The van der Waals surface area contributed by atoms with Crippen LogP contribution in [-0.4, -0.2) is 19.5 Å². The average Bonchev–Trinajstić information content (AvgIpc) is 2.07. The van der Waals surface area contributed by atoms with Crippen LogP contribution in [0.25, 0.3) is 0 Å². The maximum atomic E-state index is 5.41. The molecular formula is C8H13IO2. The van der Waals surface area contributed by atoms with Crippen LogP contribution in [0.3, 0.4) is 0 Å². The highest BCUT2D eigenvalue weighted by atomic mass is 127. The van der Waals surface area contributed by atoms with Crippen molar-refractivity contribution in [1.29, 1.82) is 0 Å². The van der Waals surface area contributed by atoms with Gasteiger partial charge in [0.1, 0.15) is 0 Å². The number of ether oxygens (including phenoxy) is 2. The molecule has 0 N–H and O–H groups in total. The summed E-state index contributed by atoms with van der Waals surface area (Å²) >= 11 is 2.18. The van der Waals surface area contributed by atoms with Crippen LogP contribution in [-0.2, 0) is 9.47 Å². The molecule has 0 radical (unpaired) electrons.